The highest BCUT2D eigenvalue weighted by atomic mass is 35.5. The summed E-state index contributed by atoms with van der Waals surface area (Å²) in [5.41, 5.74) is 11.1. The largest absolute Gasteiger partial charge is 0.490 e. The zero-order chi connectivity index (χ0) is 15.9. The Balaban J connectivity index is 2.00. The summed E-state index contributed by atoms with van der Waals surface area (Å²) in [4.78, 5) is 10.4. The molecule has 0 saturated heterocycles. The number of benzene rings is 2. The van der Waals surface area contributed by atoms with Gasteiger partial charge in [-0.1, -0.05) is 11.6 Å². The fraction of sp³-hybridized carbons (Fsp3) is 0.133. The topological polar surface area (TPSA) is 96.8 Å². The normalized spacial score (nSPS) is 10.0. The quantitative estimate of drug-likeness (QED) is 0.629. The van der Waals surface area contributed by atoms with Crippen LogP contribution < -0.4 is 20.9 Å². The number of carbonyl (C=O) groups excluding carboxylic acids is 1. The van der Waals surface area contributed by atoms with Gasteiger partial charge in [-0.05, 0) is 24.3 Å². The molecular formula is C15H15ClN2O4. The summed E-state index contributed by atoms with van der Waals surface area (Å²) < 4.78 is 15.7. The van der Waals surface area contributed by atoms with Crippen LogP contribution in [0.2, 0.25) is 5.02 Å². The molecule has 22 heavy (non-hydrogen) atoms. The molecule has 2 rings (SSSR count). The monoisotopic (exact) mass is 322 g/mol. The number of hydrogen-bond donors (Lipinski definition) is 2. The Kier molecular flexibility index (Phi) is 5.32. The molecule has 0 heterocycles. The highest BCUT2D eigenvalue weighted by Gasteiger charge is 2.04. The first-order chi connectivity index (χ1) is 10.5. The van der Waals surface area contributed by atoms with Crippen molar-refractivity contribution in [1.29, 1.82) is 0 Å². The van der Waals surface area contributed by atoms with Crippen LogP contribution in [0.1, 0.15) is 0 Å². The molecule has 7 heteroatoms. The summed E-state index contributed by atoms with van der Waals surface area (Å²) in [7, 11) is 0. The van der Waals surface area contributed by atoms with Crippen molar-refractivity contribution in [2.24, 2.45) is 5.73 Å². The van der Waals surface area contributed by atoms with E-state index in [0.29, 0.717) is 28.0 Å². The smallest absolute Gasteiger partial charge is 0.404 e. The van der Waals surface area contributed by atoms with E-state index in [9.17, 15) is 4.79 Å². The van der Waals surface area contributed by atoms with Crippen LogP contribution in [0.3, 0.4) is 0 Å². The van der Waals surface area contributed by atoms with Crippen molar-refractivity contribution in [2.75, 3.05) is 18.9 Å². The number of ether oxygens (including phenoxy) is 3. The Bertz CT molecular complexity index is 646. The molecule has 0 saturated carbocycles. The molecule has 0 aromatic heterocycles. The molecule has 0 aliphatic carbocycles. The minimum Gasteiger partial charge on any atom is -0.490 e. The number of halogens is 1. The van der Waals surface area contributed by atoms with Gasteiger partial charge in [0.1, 0.15) is 30.5 Å². The van der Waals surface area contributed by atoms with E-state index in [1.165, 1.54) is 0 Å². The predicted octanol–water partition coefficient (Wildman–Crippen LogP) is 3.19. The van der Waals surface area contributed by atoms with Gasteiger partial charge in [-0.2, -0.15) is 0 Å². The van der Waals surface area contributed by atoms with Crippen molar-refractivity contribution >= 4 is 23.4 Å². The Morgan fingerprint density at radius 1 is 1.00 bits per heavy atom. The second kappa shape index (κ2) is 7.42. The van der Waals surface area contributed by atoms with Crippen LogP contribution in [0.15, 0.2) is 42.5 Å². The molecule has 0 unspecified atom stereocenters. The molecule has 2 aromatic rings. The Labute approximate surface area is 132 Å². The Morgan fingerprint density at radius 3 is 2.36 bits per heavy atom. The molecule has 0 bridgehead atoms. The number of amides is 1. The van der Waals surface area contributed by atoms with Crippen molar-refractivity contribution in [1.82, 2.24) is 0 Å². The summed E-state index contributed by atoms with van der Waals surface area (Å²) in [6.45, 7) is 0.213. The third kappa shape index (κ3) is 5.06. The first kappa shape index (κ1) is 15.8. The minimum atomic E-state index is -0.845. The van der Waals surface area contributed by atoms with Crippen LogP contribution >= 0.6 is 11.6 Å². The van der Waals surface area contributed by atoms with Crippen LogP contribution in [0.4, 0.5) is 10.5 Å². The SMILES string of the molecule is NC(=O)OCCOc1cc(N)cc(Oc2ccc(Cl)cc2)c1. The molecule has 1 amide bonds. The standard InChI is InChI=1S/C15H15ClN2O4/c16-10-1-3-12(4-2-10)22-14-8-11(17)7-13(9-14)20-5-6-21-15(18)19/h1-4,7-9H,5-6,17H2,(H2,18,19). The zero-order valence-corrected chi connectivity index (χ0v) is 12.4. The summed E-state index contributed by atoms with van der Waals surface area (Å²) in [5, 5.41) is 0.624. The summed E-state index contributed by atoms with van der Waals surface area (Å²) in [6, 6.07) is 11.9. The van der Waals surface area contributed by atoms with Gasteiger partial charge in [0.15, 0.2) is 0 Å². The number of primary amides is 1. The number of anilines is 1. The van der Waals surface area contributed by atoms with E-state index in [0.717, 1.165) is 0 Å². The Hall–Kier alpha value is -2.60. The van der Waals surface area contributed by atoms with Crippen molar-refractivity contribution in [3.05, 3.63) is 47.5 Å². The summed E-state index contributed by atoms with van der Waals surface area (Å²) >= 11 is 5.82. The number of rotatable bonds is 6. The fourth-order valence-corrected chi connectivity index (χ4v) is 1.80. The maximum absolute atomic E-state index is 10.4. The average Bonchev–Trinajstić information content (AvgIpc) is 2.45. The van der Waals surface area contributed by atoms with Gasteiger partial charge >= 0.3 is 6.09 Å². The van der Waals surface area contributed by atoms with Crippen molar-refractivity contribution in [2.45, 2.75) is 0 Å². The van der Waals surface area contributed by atoms with Gasteiger partial charge in [0.2, 0.25) is 0 Å². The number of carbonyl (C=O) groups is 1. The molecule has 116 valence electrons. The molecular weight excluding hydrogens is 308 g/mol. The van der Waals surface area contributed by atoms with Gasteiger partial charge in [0.25, 0.3) is 0 Å². The first-order valence-corrected chi connectivity index (χ1v) is 6.80. The maximum atomic E-state index is 10.4. The Morgan fingerprint density at radius 2 is 1.68 bits per heavy atom. The molecule has 2 aromatic carbocycles. The number of nitrogen functional groups attached to an aromatic ring is 1. The van der Waals surface area contributed by atoms with Crippen molar-refractivity contribution < 1.29 is 19.0 Å². The van der Waals surface area contributed by atoms with Gasteiger partial charge in [0, 0.05) is 28.9 Å². The minimum absolute atomic E-state index is 0.0531. The van der Waals surface area contributed by atoms with E-state index in [1.807, 2.05) is 0 Å². The number of hydrogen-bond acceptors (Lipinski definition) is 5. The second-order valence-electron chi connectivity index (χ2n) is 4.31. The van der Waals surface area contributed by atoms with Gasteiger partial charge in [0.05, 0.1) is 0 Å². The van der Waals surface area contributed by atoms with Crippen LogP contribution in [-0.2, 0) is 4.74 Å². The number of nitrogens with two attached hydrogens (primary N) is 2. The van der Waals surface area contributed by atoms with Gasteiger partial charge < -0.3 is 25.7 Å². The molecule has 6 nitrogen and oxygen atoms in total. The second-order valence-corrected chi connectivity index (χ2v) is 4.75. The third-order valence-corrected chi connectivity index (χ3v) is 2.80. The first-order valence-electron chi connectivity index (χ1n) is 6.42. The molecule has 0 aliphatic rings. The van der Waals surface area contributed by atoms with E-state index in [4.69, 9.17) is 32.5 Å². The van der Waals surface area contributed by atoms with Crippen molar-refractivity contribution in [3.8, 4) is 17.2 Å². The molecule has 0 atom stereocenters. The lowest BCUT2D eigenvalue weighted by atomic mass is 10.3. The lowest BCUT2D eigenvalue weighted by molar-refractivity contribution is 0.133. The lowest BCUT2D eigenvalue weighted by Crippen LogP contribution is -2.17. The van der Waals surface area contributed by atoms with Crippen LogP contribution in [-0.4, -0.2) is 19.3 Å². The predicted molar refractivity (Wildman–Crippen MR) is 83.4 cm³/mol. The molecule has 0 fully saturated rings. The average molecular weight is 323 g/mol. The highest BCUT2D eigenvalue weighted by Crippen LogP contribution is 2.29. The van der Waals surface area contributed by atoms with E-state index in [1.54, 1.807) is 42.5 Å². The van der Waals surface area contributed by atoms with Gasteiger partial charge in [-0.25, -0.2) is 4.79 Å². The van der Waals surface area contributed by atoms with E-state index < -0.39 is 6.09 Å². The van der Waals surface area contributed by atoms with Gasteiger partial charge in [-0.15, -0.1) is 0 Å². The molecule has 0 spiro atoms. The summed E-state index contributed by atoms with van der Waals surface area (Å²) in [5.74, 6) is 1.64. The summed E-state index contributed by atoms with van der Waals surface area (Å²) in [6.07, 6.45) is -0.845. The molecule has 0 aliphatic heterocycles. The lowest BCUT2D eigenvalue weighted by Gasteiger charge is -2.11. The maximum Gasteiger partial charge on any atom is 0.404 e. The molecule has 4 N–H and O–H groups in total. The van der Waals surface area contributed by atoms with E-state index >= 15 is 0 Å². The van der Waals surface area contributed by atoms with E-state index in [-0.39, 0.29) is 13.2 Å². The van der Waals surface area contributed by atoms with Crippen LogP contribution in [0.25, 0.3) is 0 Å². The fourth-order valence-electron chi connectivity index (χ4n) is 1.68. The van der Waals surface area contributed by atoms with Crippen LogP contribution in [0.5, 0.6) is 17.2 Å². The van der Waals surface area contributed by atoms with E-state index in [2.05, 4.69) is 4.74 Å². The highest BCUT2D eigenvalue weighted by molar-refractivity contribution is 6.30. The third-order valence-electron chi connectivity index (χ3n) is 2.55. The van der Waals surface area contributed by atoms with Crippen molar-refractivity contribution in [3.63, 3.8) is 0 Å². The zero-order valence-electron chi connectivity index (χ0n) is 11.6. The van der Waals surface area contributed by atoms with Crippen LogP contribution in [0, 0.1) is 0 Å². The molecule has 0 radical (unpaired) electrons. The van der Waals surface area contributed by atoms with Gasteiger partial charge in [-0.3, -0.25) is 0 Å².